The van der Waals surface area contributed by atoms with Crippen LogP contribution in [0.2, 0.25) is 0 Å². The minimum atomic E-state index is -0.0853. The smallest absolute Gasteiger partial charge is 0.289 e. The molecule has 1 atom stereocenters. The van der Waals surface area contributed by atoms with E-state index in [4.69, 9.17) is 0 Å². The molecule has 1 spiro atoms. The molecule has 1 aliphatic carbocycles. The minimum Gasteiger partial charge on any atom is -0.347 e. The number of fused-ring (bicyclic) bond motifs is 1. The van der Waals surface area contributed by atoms with Crippen LogP contribution in [0, 0.1) is 12.3 Å². The van der Waals surface area contributed by atoms with E-state index < -0.39 is 0 Å². The van der Waals surface area contributed by atoms with E-state index in [1.54, 1.807) is 0 Å². The molecule has 2 aliphatic heterocycles. The number of rotatable bonds is 4. The summed E-state index contributed by atoms with van der Waals surface area (Å²) in [6, 6.07) is 8.50. The largest absolute Gasteiger partial charge is 0.347 e. The van der Waals surface area contributed by atoms with Gasteiger partial charge in [0.1, 0.15) is 5.82 Å². The topological polar surface area (TPSA) is 80.1 Å². The SMILES string of the molecule is Cc1ccc(CC(=O)N2CC[C@]3(CCc4nnc(C(=O)NC5CCCCC5)n4CC3)C2)cc1. The summed E-state index contributed by atoms with van der Waals surface area (Å²) >= 11 is 0. The van der Waals surface area contributed by atoms with Crippen LogP contribution in [0.5, 0.6) is 0 Å². The summed E-state index contributed by atoms with van der Waals surface area (Å²) in [5.41, 5.74) is 2.40. The molecule has 7 heteroatoms. The zero-order valence-corrected chi connectivity index (χ0v) is 19.7. The molecule has 1 saturated heterocycles. The molecule has 33 heavy (non-hydrogen) atoms. The summed E-state index contributed by atoms with van der Waals surface area (Å²) in [6.45, 7) is 4.43. The monoisotopic (exact) mass is 449 g/mol. The van der Waals surface area contributed by atoms with Crippen LogP contribution in [0.3, 0.4) is 0 Å². The first-order valence-electron chi connectivity index (χ1n) is 12.6. The molecule has 1 aromatic heterocycles. The van der Waals surface area contributed by atoms with E-state index in [-0.39, 0.29) is 23.3 Å². The fourth-order valence-electron chi connectivity index (χ4n) is 5.82. The summed E-state index contributed by atoms with van der Waals surface area (Å²) in [7, 11) is 0. The maximum absolute atomic E-state index is 13.0. The Hall–Kier alpha value is -2.70. The number of hydrogen-bond acceptors (Lipinski definition) is 4. The van der Waals surface area contributed by atoms with Crippen molar-refractivity contribution in [3.05, 3.63) is 47.0 Å². The average Bonchev–Trinajstić information content (AvgIpc) is 3.39. The first-order valence-corrected chi connectivity index (χ1v) is 12.6. The van der Waals surface area contributed by atoms with Crippen LogP contribution >= 0.6 is 0 Å². The zero-order valence-electron chi connectivity index (χ0n) is 19.7. The summed E-state index contributed by atoms with van der Waals surface area (Å²) in [6.07, 6.45) is 9.99. The standard InChI is InChI=1S/C26H35N5O2/c1-19-7-9-20(10-8-19)17-23(32)30-15-13-26(18-30)12-11-22-28-29-24(31(22)16-14-26)25(33)27-21-5-3-2-4-6-21/h7-10,21H,2-6,11-18H2,1H3,(H,27,33)/t26-/m0/s1. The summed E-state index contributed by atoms with van der Waals surface area (Å²) in [5, 5.41) is 11.8. The Bertz CT molecular complexity index is 1010. The second-order valence-electron chi connectivity index (χ2n) is 10.4. The van der Waals surface area contributed by atoms with Crippen molar-refractivity contribution in [2.45, 2.75) is 83.7 Å². The quantitative estimate of drug-likeness (QED) is 0.775. The second-order valence-corrected chi connectivity index (χ2v) is 10.4. The predicted molar refractivity (Wildman–Crippen MR) is 126 cm³/mol. The number of benzene rings is 1. The number of aromatic nitrogens is 3. The summed E-state index contributed by atoms with van der Waals surface area (Å²) in [4.78, 5) is 27.9. The highest BCUT2D eigenvalue weighted by Gasteiger charge is 2.41. The Morgan fingerprint density at radius 1 is 1.03 bits per heavy atom. The van der Waals surface area contributed by atoms with Gasteiger partial charge in [0, 0.05) is 32.1 Å². The van der Waals surface area contributed by atoms with Crippen molar-refractivity contribution < 1.29 is 9.59 Å². The Morgan fingerprint density at radius 3 is 2.58 bits per heavy atom. The van der Waals surface area contributed by atoms with Gasteiger partial charge in [-0.3, -0.25) is 9.59 Å². The van der Waals surface area contributed by atoms with E-state index in [2.05, 4.69) is 46.7 Å². The van der Waals surface area contributed by atoms with Gasteiger partial charge in [0.25, 0.3) is 5.91 Å². The first-order chi connectivity index (χ1) is 16.0. The van der Waals surface area contributed by atoms with Gasteiger partial charge in [-0.15, -0.1) is 10.2 Å². The van der Waals surface area contributed by atoms with Crippen LogP contribution in [-0.4, -0.2) is 50.6 Å². The highest BCUT2D eigenvalue weighted by molar-refractivity contribution is 5.91. The normalized spacial score (nSPS) is 23.4. The Morgan fingerprint density at radius 2 is 1.79 bits per heavy atom. The number of carbonyl (C=O) groups is 2. The average molecular weight is 450 g/mol. The molecule has 2 aromatic rings. The maximum Gasteiger partial charge on any atom is 0.289 e. The van der Waals surface area contributed by atoms with Crippen LogP contribution in [0.4, 0.5) is 0 Å². The molecular formula is C26H35N5O2. The van der Waals surface area contributed by atoms with E-state index in [9.17, 15) is 9.59 Å². The zero-order chi connectivity index (χ0) is 22.8. The molecule has 1 aromatic carbocycles. The lowest BCUT2D eigenvalue weighted by atomic mass is 9.80. The van der Waals surface area contributed by atoms with Crippen molar-refractivity contribution in [3.8, 4) is 0 Å². The second kappa shape index (κ2) is 9.27. The molecule has 3 aliphatic rings. The van der Waals surface area contributed by atoms with Crippen LogP contribution in [0.25, 0.3) is 0 Å². The Balaban J connectivity index is 1.21. The molecule has 1 N–H and O–H groups in total. The lowest BCUT2D eigenvalue weighted by molar-refractivity contribution is -0.129. The number of nitrogens with one attached hydrogen (secondary N) is 1. The van der Waals surface area contributed by atoms with Crippen LogP contribution in [0.1, 0.15) is 78.9 Å². The van der Waals surface area contributed by atoms with E-state index in [1.807, 2.05) is 9.47 Å². The first kappa shape index (κ1) is 22.1. The van der Waals surface area contributed by atoms with E-state index in [1.165, 1.54) is 24.8 Å². The van der Waals surface area contributed by atoms with Gasteiger partial charge in [-0.1, -0.05) is 49.1 Å². The molecule has 3 heterocycles. The number of aryl methyl sites for hydroxylation is 2. The maximum atomic E-state index is 13.0. The summed E-state index contributed by atoms with van der Waals surface area (Å²) in [5.74, 6) is 1.49. The summed E-state index contributed by atoms with van der Waals surface area (Å²) < 4.78 is 2.03. The van der Waals surface area contributed by atoms with Gasteiger partial charge in [-0.05, 0) is 50.0 Å². The van der Waals surface area contributed by atoms with Gasteiger partial charge >= 0.3 is 0 Å². The highest BCUT2D eigenvalue weighted by atomic mass is 16.2. The molecule has 5 rings (SSSR count). The molecule has 176 valence electrons. The van der Waals surface area contributed by atoms with Crippen LogP contribution < -0.4 is 5.32 Å². The van der Waals surface area contributed by atoms with Crippen LogP contribution in [-0.2, 0) is 24.2 Å². The minimum absolute atomic E-state index is 0.0853. The third-order valence-corrected chi connectivity index (χ3v) is 7.98. The fourth-order valence-corrected chi connectivity index (χ4v) is 5.82. The number of likely N-dealkylation sites (tertiary alicyclic amines) is 1. The highest BCUT2D eigenvalue weighted by Crippen LogP contribution is 2.41. The number of hydrogen-bond donors (Lipinski definition) is 1. The fraction of sp³-hybridized carbons (Fsp3) is 0.615. The van der Waals surface area contributed by atoms with Crippen molar-refractivity contribution in [1.82, 2.24) is 25.0 Å². The van der Waals surface area contributed by atoms with Gasteiger partial charge < -0.3 is 14.8 Å². The van der Waals surface area contributed by atoms with E-state index >= 15 is 0 Å². The van der Waals surface area contributed by atoms with E-state index in [0.717, 1.165) is 69.5 Å². The van der Waals surface area contributed by atoms with Crippen molar-refractivity contribution in [3.63, 3.8) is 0 Å². The molecule has 0 bridgehead atoms. The molecule has 2 amide bonds. The number of nitrogens with zero attached hydrogens (tertiary/aromatic N) is 4. The lowest BCUT2D eigenvalue weighted by Gasteiger charge is -2.27. The van der Waals surface area contributed by atoms with Gasteiger partial charge in [0.2, 0.25) is 11.7 Å². The lowest BCUT2D eigenvalue weighted by Crippen LogP contribution is -2.37. The van der Waals surface area contributed by atoms with Gasteiger partial charge in [-0.25, -0.2) is 0 Å². The van der Waals surface area contributed by atoms with Crippen molar-refractivity contribution >= 4 is 11.8 Å². The Kier molecular flexibility index (Phi) is 6.21. The number of carbonyl (C=O) groups excluding carboxylic acids is 2. The van der Waals surface area contributed by atoms with E-state index in [0.29, 0.717) is 12.2 Å². The third-order valence-electron chi connectivity index (χ3n) is 7.98. The van der Waals surface area contributed by atoms with Crippen molar-refractivity contribution in [2.24, 2.45) is 5.41 Å². The number of amides is 2. The predicted octanol–water partition coefficient (Wildman–Crippen LogP) is 3.45. The molecule has 7 nitrogen and oxygen atoms in total. The van der Waals surface area contributed by atoms with Crippen molar-refractivity contribution in [2.75, 3.05) is 13.1 Å². The molecular weight excluding hydrogens is 414 g/mol. The van der Waals surface area contributed by atoms with Crippen LogP contribution in [0.15, 0.2) is 24.3 Å². The molecule has 0 radical (unpaired) electrons. The van der Waals surface area contributed by atoms with Gasteiger partial charge in [-0.2, -0.15) is 0 Å². The molecule has 0 unspecified atom stereocenters. The Labute approximate surface area is 195 Å². The third kappa shape index (κ3) is 4.82. The van der Waals surface area contributed by atoms with Gasteiger partial charge in [0.05, 0.1) is 6.42 Å². The molecule has 2 fully saturated rings. The van der Waals surface area contributed by atoms with Crippen molar-refractivity contribution in [1.29, 1.82) is 0 Å². The molecule has 1 saturated carbocycles. The van der Waals surface area contributed by atoms with Gasteiger partial charge in [0.15, 0.2) is 0 Å².